The van der Waals surface area contributed by atoms with E-state index in [1.54, 1.807) is 25.2 Å². The number of rotatable bonds is 9. The fourth-order valence-corrected chi connectivity index (χ4v) is 3.55. The molecule has 0 spiro atoms. The average molecular weight is 459 g/mol. The molecule has 0 radical (unpaired) electrons. The Morgan fingerprint density at radius 3 is 2.55 bits per heavy atom. The van der Waals surface area contributed by atoms with Gasteiger partial charge in [-0.05, 0) is 30.4 Å². The maximum Gasteiger partial charge on any atom is 0.219 e. The third-order valence-corrected chi connectivity index (χ3v) is 6.24. The van der Waals surface area contributed by atoms with E-state index < -0.39 is 22.8 Å². The molecule has 2 aromatic rings. The number of nitrogens with zero attached hydrogens (tertiary/aromatic N) is 3. The maximum atomic E-state index is 10.9. The molecule has 9 heteroatoms. The van der Waals surface area contributed by atoms with Crippen molar-refractivity contribution in [2.24, 2.45) is 5.41 Å². The number of halogens is 3. The van der Waals surface area contributed by atoms with Gasteiger partial charge in [-0.2, -0.15) is 5.10 Å². The minimum absolute atomic E-state index is 0.150. The van der Waals surface area contributed by atoms with Gasteiger partial charge in [0.2, 0.25) is 11.3 Å². The van der Waals surface area contributed by atoms with Gasteiger partial charge < -0.3 is 14.6 Å². The number of benzene rings is 1. The van der Waals surface area contributed by atoms with Crippen molar-refractivity contribution in [1.29, 1.82) is 0 Å². The Morgan fingerprint density at radius 2 is 2.00 bits per heavy atom. The van der Waals surface area contributed by atoms with Crippen LogP contribution >= 0.6 is 34.8 Å². The summed E-state index contributed by atoms with van der Waals surface area (Å²) in [5.41, 5.74) is -0.786. The number of para-hydroxylation sites is 1. The van der Waals surface area contributed by atoms with Crippen molar-refractivity contribution in [1.82, 2.24) is 14.8 Å². The first-order chi connectivity index (χ1) is 13.9. The van der Waals surface area contributed by atoms with Crippen molar-refractivity contribution in [3.8, 4) is 5.75 Å². The van der Waals surface area contributed by atoms with Gasteiger partial charge in [-0.1, -0.05) is 36.7 Å². The summed E-state index contributed by atoms with van der Waals surface area (Å²) in [6.07, 6.45) is 6.52. The molecule has 1 aliphatic carbocycles. The van der Waals surface area contributed by atoms with Crippen LogP contribution < -0.4 is 4.74 Å². The minimum Gasteiger partial charge on any atom is -0.468 e. The molecular weight excluding hydrogens is 437 g/mol. The number of alkyl halides is 3. The SMILES string of the molecule is CC(CCl)(CCl)C(O)C(OC1=CCC(Cl)(Oc2ccccc2)C=C1)n1cncn1. The van der Waals surface area contributed by atoms with E-state index >= 15 is 0 Å². The van der Waals surface area contributed by atoms with Crippen molar-refractivity contribution >= 4 is 34.8 Å². The molecule has 1 aromatic carbocycles. The van der Waals surface area contributed by atoms with Crippen molar-refractivity contribution in [2.45, 2.75) is 30.7 Å². The van der Waals surface area contributed by atoms with E-state index in [-0.39, 0.29) is 11.8 Å². The monoisotopic (exact) mass is 457 g/mol. The predicted molar refractivity (Wildman–Crippen MR) is 113 cm³/mol. The topological polar surface area (TPSA) is 69.4 Å². The van der Waals surface area contributed by atoms with Crippen LogP contribution in [0.3, 0.4) is 0 Å². The van der Waals surface area contributed by atoms with Gasteiger partial charge in [0.1, 0.15) is 30.3 Å². The van der Waals surface area contributed by atoms with Crippen LogP contribution in [0.4, 0.5) is 0 Å². The number of aromatic nitrogens is 3. The molecule has 1 heterocycles. The van der Waals surface area contributed by atoms with Gasteiger partial charge in [0, 0.05) is 23.6 Å². The van der Waals surface area contributed by atoms with E-state index in [4.69, 9.17) is 44.3 Å². The lowest BCUT2D eigenvalue weighted by Crippen LogP contribution is -2.43. The highest BCUT2D eigenvalue weighted by atomic mass is 35.5. The molecule has 0 fully saturated rings. The Morgan fingerprint density at radius 1 is 1.28 bits per heavy atom. The van der Waals surface area contributed by atoms with Gasteiger partial charge in [0.15, 0.2) is 0 Å². The molecule has 1 N–H and O–H groups in total. The smallest absolute Gasteiger partial charge is 0.219 e. The maximum absolute atomic E-state index is 10.9. The lowest BCUT2D eigenvalue weighted by Gasteiger charge is -2.36. The van der Waals surface area contributed by atoms with Gasteiger partial charge in [-0.15, -0.1) is 23.2 Å². The summed E-state index contributed by atoms with van der Waals surface area (Å²) < 4.78 is 13.3. The zero-order chi connectivity index (χ0) is 20.9. The first-order valence-electron chi connectivity index (χ1n) is 9.02. The molecule has 1 aliphatic rings. The molecule has 0 aliphatic heterocycles. The zero-order valence-corrected chi connectivity index (χ0v) is 18.1. The van der Waals surface area contributed by atoms with E-state index in [0.29, 0.717) is 17.9 Å². The van der Waals surface area contributed by atoms with Crippen LogP contribution in [0.2, 0.25) is 0 Å². The van der Waals surface area contributed by atoms with E-state index in [9.17, 15) is 5.11 Å². The molecule has 156 valence electrons. The molecular formula is C20H22Cl3N3O3. The van der Waals surface area contributed by atoms with E-state index in [1.165, 1.54) is 17.3 Å². The molecule has 1 aromatic heterocycles. The predicted octanol–water partition coefficient (Wildman–Crippen LogP) is 4.50. The zero-order valence-electron chi connectivity index (χ0n) is 15.8. The van der Waals surface area contributed by atoms with Crippen molar-refractivity contribution in [3.63, 3.8) is 0 Å². The summed E-state index contributed by atoms with van der Waals surface area (Å²) >= 11 is 18.7. The average Bonchev–Trinajstić information content (AvgIpc) is 3.27. The Kier molecular flexibility index (Phi) is 7.11. The number of aliphatic hydroxyl groups is 1. The van der Waals surface area contributed by atoms with Crippen LogP contribution in [0, 0.1) is 5.41 Å². The highest BCUT2D eigenvalue weighted by molar-refractivity contribution is 6.24. The number of aliphatic hydroxyl groups excluding tert-OH is 1. The van der Waals surface area contributed by atoms with E-state index in [2.05, 4.69) is 10.1 Å². The van der Waals surface area contributed by atoms with Crippen LogP contribution in [0.25, 0.3) is 0 Å². The van der Waals surface area contributed by atoms with Gasteiger partial charge in [-0.25, -0.2) is 9.67 Å². The molecule has 3 unspecified atom stereocenters. The van der Waals surface area contributed by atoms with Gasteiger partial charge >= 0.3 is 0 Å². The first-order valence-corrected chi connectivity index (χ1v) is 10.5. The molecule has 29 heavy (non-hydrogen) atoms. The molecule has 0 amide bonds. The van der Waals surface area contributed by atoms with Crippen molar-refractivity contribution in [2.75, 3.05) is 11.8 Å². The van der Waals surface area contributed by atoms with Crippen LogP contribution in [0.1, 0.15) is 19.6 Å². The summed E-state index contributed by atoms with van der Waals surface area (Å²) in [5.74, 6) is 1.48. The second-order valence-electron chi connectivity index (χ2n) is 7.10. The molecule has 6 nitrogen and oxygen atoms in total. The standard InChI is InChI=1S/C20H22Cl3N3O3/c1-19(11-21,12-22)17(27)18(26-14-24-13-25-26)28-15-7-9-20(23,10-8-15)29-16-5-3-2-4-6-16/h2-9,13-14,17-18,27H,10-12H2,1H3. The Bertz CT molecular complexity index is 841. The van der Waals surface area contributed by atoms with Gasteiger partial charge in [-0.3, -0.25) is 0 Å². The lowest BCUT2D eigenvalue weighted by molar-refractivity contribution is -0.0983. The summed E-state index contributed by atoms with van der Waals surface area (Å²) in [5, 5.41) is 14.0. The first kappa shape index (κ1) is 22.0. The normalized spacial score (nSPS) is 21.3. The molecule has 3 atom stereocenters. The Balaban J connectivity index is 1.74. The van der Waals surface area contributed by atoms with Gasteiger partial charge in [0.25, 0.3) is 0 Å². The summed E-state index contributed by atoms with van der Waals surface area (Å²) in [7, 11) is 0. The van der Waals surface area contributed by atoms with Crippen molar-refractivity contribution in [3.05, 3.63) is 67.0 Å². The van der Waals surface area contributed by atoms with E-state index in [0.717, 1.165) is 0 Å². The molecule has 3 rings (SSSR count). The largest absolute Gasteiger partial charge is 0.468 e. The van der Waals surface area contributed by atoms with Crippen LogP contribution in [0.15, 0.2) is 67.0 Å². The number of hydrogen-bond donors (Lipinski definition) is 1. The number of hydrogen-bond acceptors (Lipinski definition) is 5. The highest BCUT2D eigenvalue weighted by Crippen LogP contribution is 2.36. The van der Waals surface area contributed by atoms with Crippen LogP contribution in [-0.2, 0) is 4.74 Å². The molecule has 0 saturated heterocycles. The van der Waals surface area contributed by atoms with Crippen molar-refractivity contribution < 1.29 is 14.6 Å². The third-order valence-electron chi connectivity index (χ3n) is 4.66. The quantitative estimate of drug-likeness (QED) is 0.560. The summed E-state index contributed by atoms with van der Waals surface area (Å²) in [4.78, 5) is 3.94. The highest BCUT2D eigenvalue weighted by Gasteiger charge is 2.40. The molecule has 0 bridgehead atoms. The minimum atomic E-state index is -1.03. The Hall–Kier alpha value is -1.73. The fraction of sp³-hybridized carbons (Fsp3) is 0.400. The van der Waals surface area contributed by atoms with Gasteiger partial charge in [0.05, 0.1) is 0 Å². The van der Waals surface area contributed by atoms with Crippen LogP contribution in [-0.4, -0.2) is 42.8 Å². The van der Waals surface area contributed by atoms with Crippen LogP contribution in [0.5, 0.6) is 5.75 Å². The van der Waals surface area contributed by atoms with E-state index in [1.807, 2.05) is 30.3 Å². The molecule has 0 saturated carbocycles. The summed E-state index contributed by atoms with van der Waals surface area (Å²) in [6.45, 7) is 1.79. The number of allylic oxidation sites excluding steroid dienone is 1. The summed E-state index contributed by atoms with van der Waals surface area (Å²) in [6, 6.07) is 9.33. The second-order valence-corrected chi connectivity index (χ2v) is 8.27. The lowest BCUT2D eigenvalue weighted by atomic mass is 9.87. The number of ether oxygens (including phenoxy) is 2. The second kappa shape index (κ2) is 9.39. The third kappa shape index (κ3) is 5.25. The Labute approximate surface area is 184 Å². The fourth-order valence-electron chi connectivity index (χ4n) is 2.72.